The van der Waals surface area contributed by atoms with Crippen molar-refractivity contribution in [3.05, 3.63) is 33.1 Å². The number of pyridine rings is 1. The van der Waals surface area contributed by atoms with Gasteiger partial charge in [-0.2, -0.15) is 5.26 Å². The average Bonchev–Trinajstić information content (AvgIpc) is 2.26. The number of nitro groups is 1. The minimum atomic E-state index is -3.23. The molecule has 0 saturated heterocycles. The Bertz CT molecular complexity index is 538. The molecule has 0 fully saturated rings. The molecule has 17 heavy (non-hydrogen) atoms. The molecular weight excluding hydrogens is 238 g/mol. The molecule has 2 N–H and O–H groups in total. The van der Waals surface area contributed by atoms with E-state index in [1.165, 1.54) is 6.07 Å². The maximum atomic E-state index is 12.4. The smallest absolute Gasteiger partial charge is 0.297 e. The molecule has 0 unspecified atom stereocenters. The Labute approximate surface area is 92.6 Å². The van der Waals surface area contributed by atoms with E-state index < -0.39 is 39.9 Å². The molecule has 1 heterocycles. The van der Waals surface area contributed by atoms with Crippen LogP contribution in [0, 0.1) is 21.4 Å². The van der Waals surface area contributed by atoms with Crippen LogP contribution < -0.4 is 5.73 Å². The van der Waals surface area contributed by atoms with Gasteiger partial charge in [0.05, 0.1) is 10.5 Å². The minimum Gasteiger partial charge on any atom is -0.366 e. The quantitative estimate of drug-likeness (QED) is 0.622. The Kier molecular flexibility index (Phi) is 3.28. The van der Waals surface area contributed by atoms with Crippen LogP contribution in [0.15, 0.2) is 6.07 Å². The number of nitrogens with two attached hydrogens (primary N) is 1. The maximum absolute atomic E-state index is 12.4. The zero-order valence-corrected chi connectivity index (χ0v) is 8.05. The largest absolute Gasteiger partial charge is 0.366 e. The zero-order chi connectivity index (χ0) is 13.2. The number of amides is 1. The minimum absolute atomic E-state index is 0.523. The highest BCUT2D eigenvalue weighted by Gasteiger charge is 2.27. The van der Waals surface area contributed by atoms with Crippen molar-refractivity contribution in [1.82, 2.24) is 4.98 Å². The summed E-state index contributed by atoms with van der Waals surface area (Å²) in [6, 6.07) is 1.89. The zero-order valence-electron chi connectivity index (χ0n) is 8.05. The molecule has 0 aliphatic rings. The van der Waals surface area contributed by atoms with Crippen LogP contribution in [0.2, 0.25) is 0 Å². The molecule has 1 aromatic rings. The van der Waals surface area contributed by atoms with Gasteiger partial charge < -0.3 is 5.73 Å². The number of primary amides is 1. The number of hydrogen-bond acceptors (Lipinski definition) is 5. The van der Waals surface area contributed by atoms with Crippen molar-refractivity contribution in [3.63, 3.8) is 0 Å². The highest BCUT2D eigenvalue weighted by molar-refractivity contribution is 5.95. The van der Waals surface area contributed by atoms with Crippen LogP contribution in [0.1, 0.15) is 28.2 Å². The first-order chi connectivity index (χ1) is 7.88. The van der Waals surface area contributed by atoms with Gasteiger partial charge in [-0.3, -0.25) is 14.9 Å². The third kappa shape index (κ3) is 2.31. The van der Waals surface area contributed by atoms with E-state index in [9.17, 15) is 23.7 Å². The van der Waals surface area contributed by atoms with E-state index in [0.29, 0.717) is 6.07 Å². The van der Waals surface area contributed by atoms with E-state index in [2.05, 4.69) is 4.98 Å². The second kappa shape index (κ2) is 4.48. The van der Waals surface area contributed by atoms with Gasteiger partial charge in [-0.1, -0.05) is 0 Å². The Hall–Kier alpha value is -2.63. The van der Waals surface area contributed by atoms with E-state index in [0.717, 1.165) is 0 Å². The normalized spacial score (nSPS) is 10.0. The summed E-state index contributed by atoms with van der Waals surface area (Å²) in [5.74, 6) is -1.15. The van der Waals surface area contributed by atoms with E-state index in [4.69, 9.17) is 11.0 Å². The summed E-state index contributed by atoms with van der Waals surface area (Å²) >= 11 is 0. The van der Waals surface area contributed by atoms with Crippen LogP contribution in [-0.2, 0) is 0 Å². The number of nitriles is 1. The third-order valence-electron chi connectivity index (χ3n) is 1.81. The fourth-order valence-electron chi connectivity index (χ4n) is 1.10. The van der Waals surface area contributed by atoms with E-state index in [1.807, 2.05) is 0 Å². The molecule has 7 nitrogen and oxygen atoms in total. The molecule has 0 saturated carbocycles. The SMILES string of the molecule is N#Cc1nc(C(F)F)c([N+](=O)[O-])cc1C(N)=O. The maximum Gasteiger partial charge on any atom is 0.297 e. The van der Waals surface area contributed by atoms with Gasteiger partial charge in [0.1, 0.15) is 6.07 Å². The summed E-state index contributed by atoms with van der Waals surface area (Å²) in [5.41, 5.74) is 1.39. The van der Waals surface area contributed by atoms with Crippen LogP contribution >= 0.6 is 0 Å². The summed E-state index contributed by atoms with van der Waals surface area (Å²) in [4.78, 5) is 23.3. The average molecular weight is 242 g/mol. The summed E-state index contributed by atoms with van der Waals surface area (Å²) in [7, 11) is 0. The number of alkyl halides is 2. The van der Waals surface area contributed by atoms with Crippen molar-refractivity contribution in [2.45, 2.75) is 6.43 Å². The molecule has 1 amide bonds. The molecule has 0 aliphatic carbocycles. The van der Waals surface area contributed by atoms with Gasteiger partial charge in [-0.05, 0) is 0 Å². The molecular formula is C8H4F2N4O3. The molecule has 0 radical (unpaired) electrons. The number of hydrogen-bond donors (Lipinski definition) is 1. The van der Waals surface area contributed by atoms with Crippen molar-refractivity contribution < 1.29 is 18.5 Å². The van der Waals surface area contributed by atoms with Crippen LogP contribution in [0.5, 0.6) is 0 Å². The van der Waals surface area contributed by atoms with Gasteiger partial charge in [-0.25, -0.2) is 13.8 Å². The van der Waals surface area contributed by atoms with Crippen molar-refractivity contribution in [2.75, 3.05) is 0 Å². The predicted molar refractivity (Wildman–Crippen MR) is 49.1 cm³/mol. The Morgan fingerprint density at radius 2 is 2.24 bits per heavy atom. The summed E-state index contributed by atoms with van der Waals surface area (Å²) in [6.45, 7) is 0. The van der Waals surface area contributed by atoms with Gasteiger partial charge >= 0.3 is 0 Å². The molecule has 0 aromatic carbocycles. The highest BCUT2D eigenvalue weighted by atomic mass is 19.3. The Morgan fingerprint density at radius 1 is 1.65 bits per heavy atom. The number of nitrogens with zero attached hydrogens (tertiary/aromatic N) is 3. The molecule has 9 heteroatoms. The number of halogens is 2. The van der Waals surface area contributed by atoms with Crippen LogP contribution in [0.25, 0.3) is 0 Å². The number of aromatic nitrogens is 1. The van der Waals surface area contributed by atoms with Crippen molar-refractivity contribution in [2.24, 2.45) is 5.73 Å². The second-order valence-electron chi connectivity index (χ2n) is 2.82. The van der Waals surface area contributed by atoms with Gasteiger partial charge in [0.25, 0.3) is 18.0 Å². The van der Waals surface area contributed by atoms with Crippen molar-refractivity contribution in [3.8, 4) is 6.07 Å². The molecule has 1 rings (SSSR count). The van der Waals surface area contributed by atoms with Gasteiger partial charge in [0.15, 0.2) is 11.4 Å². The monoisotopic (exact) mass is 242 g/mol. The second-order valence-corrected chi connectivity index (χ2v) is 2.82. The summed E-state index contributed by atoms with van der Waals surface area (Å²) < 4.78 is 24.9. The molecule has 0 spiro atoms. The van der Waals surface area contributed by atoms with Gasteiger partial charge in [-0.15, -0.1) is 0 Å². The molecule has 88 valence electrons. The number of carbonyl (C=O) groups excluding carboxylic acids is 1. The lowest BCUT2D eigenvalue weighted by Gasteiger charge is -2.04. The Morgan fingerprint density at radius 3 is 2.59 bits per heavy atom. The van der Waals surface area contributed by atoms with Gasteiger partial charge in [0.2, 0.25) is 0 Å². The first-order valence-electron chi connectivity index (χ1n) is 4.05. The lowest BCUT2D eigenvalue weighted by Crippen LogP contribution is -2.15. The molecule has 0 aliphatic heterocycles. The number of carbonyl (C=O) groups is 1. The van der Waals surface area contributed by atoms with Crippen molar-refractivity contribution in [1.29, 1.82) is 5.26 Å². The van der Waals surface area contributed by atoms with Crippen LogP contribution in [0.4, 0.5) is 14.5 Å². The summed E-state index contributed by atoms with van der Waals surface area (Å²) in [6.07, 6.45) is -3.23. The fraction of sp³-hybridized carbons (Fsp3) is 0.125. The topological polar surface area (TPSA) is 123 Å². The number of rotatable bonds is 3. The molecule has 1 aromatic heterocycles. The van der Waals surface area contributed by atoms with E-state index in [1.54, 1.807) is 0 Å². The van der Waals surface area contributed by atoms with E-state index in [-0.39, 0.29) is 0 Å². The predicted octanol–water partition coefficient (Wildman–Crippen LogP) is 0.898. The third-order valence-corrected chi connectivity index (χ3v) is 1.81. The van der Waals surface area contributed by atoms with Gasteiger partial charge in [0, 0.05) is 6.07 Å². The molecule has 0 atom stereocenters. The lowest BCUT2D eigenvalue weighted by atomic mass is 10.1. The first-order valence-corrected chi connectivity index (χ1v) is 4.05. The standard InChI is InChI=1S/C8H4F2N4O3/c9-7(10)6-5(14(16)17)1-3(8(12)15)4(2-11)13-6/h1,7H,(H2,12,15). The van der Waals surface area contributed by atoms with Crippen LogP contribution in [-0.4, -0.2) is 15.8 Å². The van der Waals surface area contributed by atoms with Crippen LogP contribution in [0.3, 0.4) is 0 Å². The fourth-order valence-corrected chi connectivity index (χ4v) is 1.10. The highest BCUT2D eigenvalue weighted by Crippen LogP contribution is 2.28. The van der Waals surface area contributed by atoms with Crippen molar-refractivity contribution >= 4 is 11.6 Å². The Balaban J connectivity index is 3.61. The lowest BCUT2D eigenvalue weighted by molar-refractivity contribution is -0.386. The first kappa shape index (κ1) is 12.4. The van der Waals surface area contributed by atoms with E-state index >= 15 is 0 Å². The molecule has 0 bridgehead atoms. The summed E-state index contributed by atoms with van der Waals surface area (Å²) in [5, 5.41) is 19.1.